The van der Waals surface area contributed by atoms with E-state index < -0.39 is 10.5 Å². The van der Waals surface area contributed by atoms with Gasteiger partial charge < -0.3 is 9.32 Å². The summed E-state index contributed by atoms with van der Waals surface area (Å²) in [6.07, 6.45) is 2.60. The van der Waals surface area contributed by atoms with E-state index in [4.69, 9.17) is 4.42 Å². The molecule has 138 valence electrons. The van der Waals surface area contributed by atoms with Gasteiger partial charge >= 0.3 is 0 Å². The molecule has 0 fully saturated rings. The molecule has 0 aliphatic rings. The first kappa shape index (κ1) is 18.1. The number of carbonyl (C=O) groups is 1. The molecule has 0 bridgehead atoms. The van der Waals surface area contributed by atoms with E-state index in [1.165, 1.54) is 6.26 Å². The number of rotatable bonds is 7. The molecule has 1 amide bonds. The number of benzene rings is 1. The predicted octanol–water partition coefficient (Wildman–Crippen LogP) is 2.58. The molecule has 0 spiro atoms. The van der Waals surface area contributed by atoms with Gasteiger partial charge in [-0.05, 0) is 17.7 Å². The minimum atomic E-state index is -0.606. The minimum Gasteiger partial charge on any atom is -0.467 e. The van der Waals surface area contributed by atoms with E-state index >= 15 is 0 Å². The molecule has 8 nitrogen and oxygen atoms in total. The van der Waals surface area contributed by atoms with Crippen molar-refractivity contribution in [3.05, 3.63) is 98.8 Å². The van der Waals surface area contributed by atoms with E-state index in [-0.39, 0.29) is 24.7 Å². The Morgan fingerprint density at radius 2 is 1.85 bits per heavy atom. The lowest BCUT2D eigenvalue weighted by molar-refractivity contribution is -0.385. The number of pyridine rings is 1. The molecule has 0 saturated heterocycles. The van der Waals surface area contributed by atoms with E-state index in [9.17, 15) is 19.7 Å². The zero-order chi connectivity index (χ0) is 19.2. The molecule has 0 aliphatic carbocycles. The second-order valence-corrected chi connectivity index (χ2v) is 5.93. The van der Waals surface area contributed by atoms with Crippen molar-refractivity contribution in [1.29, 1.82) is 0 Å². The SMILES string of the molecule is O=C(Cn1cc([N+](=O)[O-])ccc1=O)N(Cc1ccccc1)Cc1ccco1. The van der Waals surface area contributed by atoms with Crippen LogP contribution in [0.5, 0.6) is 0 Å². The molecule has 0 aliphatic heterocycles. The van der Waals surface area contributed by atoms with Crippen molar-refractivity contribution >= 4 is 11.6 Å². The molecule has 3 aromatic rings. The Balaban J connectivity index is 1.83. The van der Waals surface area contributed by atoms with Crippen molar-refractivity contribution in [2.45, 2.75) is 19.6 Å². The van der Waals surface area contributed by atoms with Crippen LogP contribution in [0.4, 0.5) is 5.69 Å². The third kappa shape index (κ3) is 4.69. The maximum absolute atomic E-state index is 12.8. The van der Waals surface area contributed by atoms with Gasteiger partial charge in [0, 0.05) is 18.7 Å². The van der Waals surface area contributed by atoms with Gasteiger partial charge in [-0.2, -0.15) is 0 Å². The van der Waals surface area contributed by atoms with Crippen molar-refractivity contribution in [1.82, 2.24) is 9.47 Å². The lowest BCUT2D eigenvalue weighted by Crippen LogP contribution is -2.35. The fourth-order valence-electron chi connectivity index (χ4n) is 2.62. The Bertz CT molecular complexity index is 980. The van der Waals surface area contributed by atoms with Gasteiger partial charge in [0.2, 0.25) is 5.91 Å². The summed E-state index contributed by atoms with van der Waals surface area (Å²) in [6.45, 7) is 0.252. The van der Waals surface area contributed by atoms with Crippen molar-refractivity contribution < 1.29 is 14.1 Å². The van der Waals surface area contributed by atoms with Crippen LogP contribution in [0.2, 0.25) is 0 Å². The summed E-state index contributed by atoms with van der Waals surface area (Å²) in [4.78, 5) is 36.7. The van der Waals surface area contributed by atoms with Gasteiger partial charge in [0.15, 0.2) is 0 Å². The van der Waals surface area contributed by atoms with E-state index in [1.54, 1.807) is 17.0 Å². The summed E-state index contributed by atoms with van der Waals surface area (Å²) < 4.78 is 6.37. The number of furan rings is 1. The van der Waals surface area contributed by atoms with Crippen molar-refractivity contribution in [3.8, 4) is 0 Å². The van der Waals surface area contributed by atoms with Gasteiger partial charge in [0.25, 0.3) is 11.2 Å². The fourth-order valence-corrected chi connectivity index (χ4v) is 2.62. The third-order valence-corrected chi connectivity index (χ3v) is 3.98. The molecular weight excluding hydrogens is 350 g/mol. The van der Waals surface area contributed by atoms with Gasteiger partial charge in [-0.3, -0.25) is 24.3 Å². The largest absolute Gasteiger partial charge is 0.467 e. The summed E-state index contributed by atoms with van der Waals surface area (Å²) in [7, 11) is 0. The van der Waals surface area contributed by atoms with Gasteiger partial charge in [0.05, 0.1) is 23.9 Å². The molecule has 0 N–H and O–H groups in total. The van der Waals surface area contributed by atoms with E-state index in [1.807, 2.05) is 30.3 Å². The quantitative estimate of drug-likeness (QED) is 0.472. The van der Waals surface area contributed by atoms with E-state index in [0.717, 1.165) is 28.5 Å². The van der Waals surface area contributed by atoms with Crippen LogP contribution in [-0.4, -0.2) is 20.3 Å². The predicted molar refractivity (Wildman–Crippen MR) is 96.8 cm³/mol. The van der Waals surface area contributed by atoms with E-state index in [0.29, 0.717) is 12.3 Å². The van der Waals surface area contributed by atoms with Crippen LogP contribution in [0.1, 0.15) is 11.3 Å². The highest BCUT2D eigenvalue weighted by atomic mass is 16.6. The average Bonchev–Trinajstić information content (AvgIpc) is 3.17. The van der Waals surface area contributed by atoms with Crippen LogP contribution in [0, 0.1) is 10.1 Å². The highest BCUT2D eigenvalue weighted by molar-refractivity contribution is 5.76. The zero-order valence-electron chi connectivity index (χ0n) is 14.4. The Morgan fingerprint density at radius 1 is 1.07 bits per heavy atom. The van der Waals surface area contributed by atoms with Gasteiger partial charge in [0.1, 0.15) is 12.3 Å². The lowest BCUT2D eigenvalue weighted by Gasteiger charge is -2.22. The van der Waals surface area contributed by atoms with Gasteiger partial charge in [-0.25, -0.2) is 0 Å². The van der Waals surface area contributed by atoms with Crippen LogP contribution >= 0.6 is 0 Å². The Labute approximate surface area is 154 Å². The monoisotopic (exact) mass is 367 g/mol. The highest BCUT2D eigenvalue weighted by Crippen LogP contribution is 2.12. The second kappa shape index (κ2) is 8.13. The zero-order valence-corrected chi connectivity index (χ0v) is 14.4. The summed E-state index contributed by atoms with van der Waals surface area (Å²) in [5.74, 6) is 0.253. The number of amides is 1. The molecule has 2 aromatic heterocycles. The topological polar surface area (TPSA) is 98.6 Å². The highest BCUT2D eigenvalue weighted by Gasteiger charge is 2.18. The number of nitro groups is 1. The molecule has 27 heavy (non-hydrogen) atoms. The number of aromatic nitrogens is 1. The Kier molecular flexibility index (Phi) is 5.46. The Morgan fingerprint density at radius 3 is 2.52 bits per heavy atom. The number of hydrogen-bond donors (Lipinski definition) is 0. The van der Waals surface area contributed by atoms with Gasteiger partial charge in [-0.15, -0.1) is 0 Å². The molecule has 0 saturated carbocycles. The molecule has 1 aromatic carbocycles. The lowest BCUT2D eigenvalue weighted by atomic mass is 10.2. The summed E-state index contributed by atoms with van der Waals surface area (Å²) in [5.41, 5.74) is 0.193. The maximum Gasteiger partial charge on any atom is 0.285 e. The number of nitrogens with zero attached hydrogens (tertiary/aromatic N) is 3. The Hall–Kier alpha value is -3.68. The number of hydrogen-bond acceptors (Lipinski definition) is 5. The molecular formula is C19H17N3O5. The third-order valence-electron chi connectivity index (χ3n) is 3.98. The average molecular weight is 367 g/mol. The fraction of sp³-hybridized carbons (Fsp3) is 0.158. The van der Waals surface area contributed by atoms with Crippen molar-refractivity contribution in [3.63, 3.8) is 0 Å². The minimum absolute atomic E-state index is 0.227. The van der Waals surface area contributed by atoms with Crippen LogP contribution in [0.15, 0.2) is 76.3 Å². The first-order valence-electron chi connectivity index (χ1n) is 8.22. The smallest absolute Gasteiger partial charge is 0.285 e. The molecule has 0 atom stereocenters. The summed E-state index contributed by atoms with van der Waals surface area (Å²) >= 11 is 0. The van der Waals surface area contributed by atoms with Crippen molar-refractivity contribution in [2.75, 3.05) is 0 Å². The first-order chi connectivity index (χ1) is 13.0. The molecule has 3 rings (SSSR count). The molecule has 0 radical (unpaired) electrons. The van der Waals surface area contributed by atoms with Crippen LogP contribution in [-0.2, 0) is 24.4 Å². The van der Waals surface area contributed by atoms with Crippen LogP contribution < -0.4 is 5.56 Å². The van der Waals surface area contributed by atoms with Gasteiger partial charge in [-0.1, -0.05) is 30.3 Å². The maximum atomic E-state index is 12.8. The normalized spacial score (nSPS) is 10.5. The first-order valence-corrected chi connectivity index (χ1v) is 8.22. The van der Waals surface area contributed by atoms with Crippen LogP contribution in [0.25, 0.3) is 0 Å². The van der Waals surface area contributed by atoms with E-state index in [2.05, 4.69) is 0 Å². The molecule has 0 unspecified atom stereocenters. The molecule has 8 heteroatoms. The number of carbonyl (C=O) groups excluding carboxylic acids is 1. The summed E-state index contributed by atoms with van der Waals surface area (Å²) in [5, 5.41) is 10.9. The summed E-state index contributed by atoms with van der Waals surface area (Å²) in [6, 6.07) is 15.1. The van der Waals surface area contributed by atoms with Crippen LogP contribution in [0.3, 0.4) is 0 Å². The van der Waals surface area contributed by atoms with Crippen molar-refractivity contribution in [2.24, 2.45) is 0 Å². The standard InChI is InChI=1S/C19H17N3O5/c23-18-9-8-16(22(25)26)12-21(18)14-19(24)20(13-17-7-4-10-27-17)11-15-5-2-1-3-6-15/h1-10,12H,11,13-14H2. The second-order valence-electron chi connectivity index (χ2n) is 5.93. The molecule has 2 heterocycles.